The molecule has 5 atom stereocenters. The van der Waals surface area contributed by atoms with Crippen LogP contribution >= 0.6 is 11.6 Å². The molecule has 2 aromatic carbocycles. The largest absolute Gasteiger partial charge is 0.506 e. The van der Waals surface area contributed by atoms with Crippen LogP contribution < -0.4 is 14.4 Å². The fraction of sp³-hybridized carbons (Fsp3) is 0.516. The molecule has 2 aromatic rings. The number of carbonyl (C=O) groups is 1. The molecule has 8 nitrogen and oxygen atoms in total. The van der Waals surface area contributed by atoms with Gasteiger partial charge in [0.05, 0.1) is 23.4 Å². The van der Waals surface area contributed by atoms with Crippen LogP contribution in [0.4, 0.5) is 5.69 Å². The van der Waals surface area contributed by atoms with Crippen LogP contribution in [0.25, 0.3) is 0 Å². The van der Waals surface area contributed by atoms with Gasteiger partial charge >= 0.3 is 0 Å². The molecule has 0 saturated heterocycles. The summed E-state index contributed by atoms with van der Waals surface area (Å²) in [6.07, 6.45) is 8.79. The van der Waals surface area contributed by atoms with Gasteiger partial charge < -0.3 is 19.8 Å². The summed E-state index contributed by atoms with van der Waals surface area (Å²) in [5.74, 6) is 0.893. The maximum Gasteiger partial charge on any atom is 0.264 e. The topological polar surface area (TPSA) is 116 Å². The van der Waals surface area contributed by atoms with Crippen molar-refractivity contribution in [1.82, 2.24) is 4.72 Å². The third-order valence-electron chi connectivity index (χ3n) is 9.68. The number of fused-ring (bicyclic) bond motifs is 4. The normalized spacial score (nSPS) is 32.0. The van der Waals surface area contributed by atoms with Gasteiger partial charge in [0.25, 0.3) is 5.91 Å². The van der Waals surface area contributed by atoms with Crippen LogP contribution in [0.5, 0.6) is 11.5 Å². The van der Waals surface area contributed by atoms with Gasteiger partial charge in [0.2, 0.25) is 10.0 Å². The minimum Gasteiger partial charge on any atom is -0.506 e. The second-order valence-corrected chi connectivity index (χ2v) is 14.7. The van der Waals surface area contributed by atoms with E-state index >= 15 is 0 Å². The second-order valence-electron chi connectivity index (χ2n) is 12.2. The number of nitrogens with one attached hydrogen (secondary N) is 1. The molecule has 0 radical (unpaired) electrons. The maximum atomic E-state index is 13.2. The number of allylic oxidation sites excluding steroid dienone is 1. The number of nitrogens with zero attached hydrogens (tertiary/aromatic N) is 1. The number of ether oxygens (including phenoxy) is 1. The molecule has 0 aromatic heterocycles. The number of amides is 1. The van der Waals surface area contributed by atoms with Crippen molar-refractivity contribution in [2.75, 3.05) is 24.6 Å². The number of halogens is 1. The number of carbonyl (C=O) groups excluding carboxylic acids is 1. The molecule has 41 heavy (non-hydrogen) atoms. The van der Waals surface area contributed by atoms with Gasteiger partial charge in [-0.15, -0.1) is 0 Å². The molecule has 1 fully saturated rings. The second kappa shape index (κ2) is 10.8. The van der Waals surface area contributed by atoms with E-state index in [1.54, 1.807) is 24.3 Å². The first-order valence-corrected chi connectivity index (χ1v) is 16.4. The quantitative estimate of drug-likeness (QED) is 0.375. The van der Waals surface area contributed by atoms with Crippen LogP contribution in [0.3, 0.4) is 0 Å². The van der Waals surface area contributed by atoms with E-state index in [1.165, 1.54) is 6.92 Å². The molecule has 6 rings (SSSR count). The number of aliphatic hydroxyl groups is 1. The van der Waals surface area contributed by atoms with Crippen LogP contribution in [0.1, 0.15) is 66.9 Å². The molecule has 3 N–H and O–H groups in total. The fourth-order valence-corrected chi connectivity index (χ4v) is 8.20. The zero-order valence-electron chi connectivity index (χ0n) is 23.2. The lowest BCUT2D eigenvalue weighted by molar-refractivity contribution is 0.0980. The van der Waals surface area contributed by atoms with Crippen LogP contribution in [0.2, 0.25) is 5.02 Å². The van der Waals surface area contributed by atoms with Gasteiger partial charge in [-0.05, 0) is 105 Å². The SMILES string of the molecule is C[C@H]1[C@H](O)C/C=C/C[C@H]2CC[C@H]2CN2C[C@@]3(CCCc4cc(Cl)c(O)cc43)COc3ccc(cc32)C(=O)NS1(=O)=O. The minimum absolute atomic E-state index is 0.0619. The van der Waals surface area contributed by atoms with E-state index in [0.717, 1.165) is 61.9 Å². The number of aliphatic hydroxyl groups excluding tert-OH is 1. The summed E-state index contributed by atoms with van der Waals surface area (Å²) >= 11 is 6.29. The fourth-order valence-electron chi connectivity index (χ4n) is 6.93. The third kappa shape index (κ3) is 5.32. The zero-order chi connectivity index (χ0) is 28.9. The average Bonchev–Trinajstić information content (AvgIpc) is 3.08. The number of sulfonamides is 1. The van der Waals surface area contributed by atoms with E-state index in [0.29, 0.717) is 35.8 Å². The van der Waals surface area contributed by atoms with E-state index < -0.39 is 27.3 Å². The standard InChI is InChI=1S/C31H37ClN2O6S/c1-19-27(35)7-3-2-5-20-8-9-23(20)16-34-17-31(12-4-6-21-13-25(32)28(36)15-24(21)31)18-40-29-11-10-22(14-26(29)34)30(37)33-41(19,38)39/h2-3,10-11,13-15,19-20,23,27,35-36H,4-9,12,16-18H2,1H3,(H,33,37)/b3-2+/t19-,20-,23-,27+,31-/m0/s1. The van der Waals surface area contributed by atoms with Crippen molar-refractivity contribution in [3.8, 4) is 11.5 Å². The average molecular weight is 601 g/mol. The number of aryl methyl sites for hydroxylation is 1. The number of phenolic OH excluding ortho intramolecular Hbond substituents is 1. The Balaban J connectivity index is 1.42. The molecule has 2 aliphatic heterocycles. The Labute approximate surface area is 246 Å². The van der Waals surface area contributed by atoms with Crippen LogP contribution in [-0.4, -0.2) is 55.6 Å². The smallest absolute Gasteiger partial charge is 0.264 e. The van der Waals surface area contributed by atoms with Gasteiger partial charge in [0.1, 0.15) is 16.7 Å². The lowest BCUT2D eigenvalue weighted by atomic mass is 9.69. The first kappa shape index (κ1) is 28.4. The summed E-state index contributed by atoms with van der Waals surface area (Å²) < 4.78 is 34.6. The predicted molar refractivity (Wildman–Crippen MR) is 158 cm³/mol. The van der Waals surface area contributed by atoms with Crippen molar-refractivity contribution in [3.63, 3.8) is 0 Å². The van der Waals surface area contributed by atoms with E-state index in [1.807, 2.05) is 18.2 Å². The van der Waals surface area contributed by atoms with Crippen molar-refractivity contribution >= 4 is 33.2 Å². The number of hydrogen-bond donors (Lipinski definition) is 3. The maximum absolute atomic E-state index is 13.2. The summed E-state index contributed by atoms with van der Waals surface area (Å²) in [6, 6.07) is 8.72. The van der Waals surface area contributed by atoms with Gasteiger partial charge in [-0.1, -0.05) is 23.8 Å². The van der Waals surface area contributed by atoms with Crippen LogP contribution in [0, 0.1) is 11.8 Å². The Morgan fingerprint density at radius 2 is 1.90 bits per heavy atom. The molecular weight excluding hydrogens is 564 g/mol. The Morgan fingerprint density at radius 1 is 1.12 bits per heavy atom. The molecule has 10 heteroatoms. The first-order chi connectivity index (χ1) is 19.6. The van der Waals surface area contributed by atoms with Gasteiger partial charge in [-0.3, -0.25) is 4.79 Å². The van der Waals surface area contributed by atoms with Crippen molar-refractivity contribution in [1.29, 1.82) is 0 Å². The molecule has 2 aliphatic carbocycles. The highest BCUT2D eigenvalue weighted by Crippen LogP contribution is 2.47. The molecule has 4 aliphatic rings. The summed E-state index contributed by atoms with van der Waals surface area (Å²) in [5, 5.41) is 20.3. The van der Waals surface area contributed by atoms with Crippen molar-refractivity contribution in [2.24, 2.45) is 11.8 Å². The van der Waals surface area contributed by atoms with E-state index in [9.17, 15) is 23.4 Å². The summed E-state index contributed by atoms with van der Waals surface area (Å²) in [4.78, 5) is 15.5. The van der Waals surface area contributed by atoms with E-state index in [2.05, 4.69) is 9.62 Å². The van der Waals surface area contributed by atoms with E-state index in [-0.39, 0.29) is 23.1 Å². The summed E-state index contributed by atoms with van der Waals surface area (Å²) in [5.41, 5.74) is 2.76. The Bertz CT molecular complexity index is 1490. The highest BCUT2D eigenvalue weighted by Gasteiger charge is 2.44. The summed E-state index contributed by atoms with van der Waals surface area (Å²) in [7, 11) is -4.11. The highest BCUT2D eigenvalue weighted by molar-refractivity contribution is 7.90. The third-order valence-corrected chi connectivity index (χ3v) is 11.7. The number of anilines is 1. The van der Waals surface area contributed by atoms with Gasteiger partial charge in [0.15, 0.2) is 0 Å². The predicted octanol–water partition coefficient (Wildman–Crippen LogP) is 4.70. The number of phenols is 1. The molecule has 0 unspecified atom stereocenters. The Kier molecular flexibility index (Phi) is 7.49. The Morgan fingerprint density at radius 3 is 2.68 bits per heavy atom. The molecule has 1 saturated carbocycles. The van der Waals surface area contributed by atoms with Crippen molar-refractivity contribution in [3.05, 3.63) is 64.2 Å². The number of benzene rings is 2. The molecule has 1 amide bonds. The van der Waals surface area contributed by atoms with E-state index in [4.69, 9.17) is 16.3 Å². The van der Waals surface area contributed by atoms with Crippen molar-refractivity contribution in [2.45, 2.75) is 68.6 Å². The molecule has 2 heterocycles. The minimum atomic E-state index is -4.11. The molecule has 2 bridgehead atoms. The molecular formula is C31H37ClN2O6S. The van der Waals surface area contributed by atoms with Crippen molar-refractivity contribution < 1.29 is 28.2 Å². The molecule has 220 valence electrons. The number of rotatable bonds is 0. The monoisotopic (exact) mass is 600 g/mol. The molecule has 1 spiro atoms. The highest BCUT2D eigenvalue weighted by atomic mass is 35.5. The van der Waals surface area contributed by atoms with Gasteiger partial charge in [-0.25, -0.2) is 13.1 Å². The number of hydrogen-bond acceptors (Lipinski definition) is 7. The first-order valence-electron chi connectivity index (χ1n) is 14.5. The Hall–Kier alpha value is -2.75. The number of aromatic hydroxyl groups is 1. The lowest BCUT2D eigenvalue weighted by Gasteiger charge is -2.44. The lowest BCUT2D eigenvalue weighted by Crippen LogP contribution is -2.48. The van der Waals surface area contributed by atoms with Crippen LogP contribution in [-0.2, 0) is 21.9 Å². The van der Waals surface area contributed by atoms with Crippen LogP contribution in [0.15, 0.2) is 42.5 Å². The zero-order valence-corrected chi connectivity index (χ0v) is 24.8. The summed E-state index contributed by atoms with van der Waals surface area (Å²) in [6.45, 7) is 3.24. The van der Waals surface area contributed by atoms with Gasteiger partial charge in [0, 0.05) is 24.1 Å². The van der Waals surface area contributed by atoms with Gasteiger partial charge in [-0.2, -0.15) is 0 Å².